The Labute approximate surface area is 203 Å². The van der Waals surface area contributed by atoms with E-state index in [-0.39, 0.29) is 41.7 Å². The molecule has 2 N–H and O–H groups in total. The first-order chi connectivity index (χ1) is 15.0. The first kappa shape index (κ1) is 23.9. The smallest absolute Gasteiger partial charge is 0.191 e. The van der Waals surface area contributed by atoms with Crippen LogP contribution in [0.5, 0.6) is 0 Å². The number of pyridine rings is 1. The molecule has 1 saturated heterocycles. The molecule has 0 saturated carbocycles. The van der Waals surface area contributed by atoms with Gasteiger partial charge in [-0.3, -0.25) is 4.99 Å². The fourth-order valence-electron chi connectivity index (χ4n) is 3.74. The van der Waals surface area contributed by atoms with Crippen LogP contribution < -0.4 is 15.5 Å². The number of rotatable bonds is 5. The Balaban J connectivity index is 0.00000289. The van der Waals surface area contributed by atoms with Crippen molar-refractivity contribution in [3.8, 4) is 5.69 Å². The minimum absolute atomic E-state index is 0. The third kappa shape index (κ3) is 5.34. The van der Waals surface area contributed by atoms with Crippen molar-refractivity contribution < 1.29 is 8.78 Å². The van der Waals surface area contributed by atoms with Crippen LogP contribution in [0.3, 0.4) is 0 Å². The summed E-state index contributed by atoms with van der Waals surface area (Å²) >= 11 is 0. The van der Waals surface area contributed by atoms with E-state index in [0.29, 0.717) is 37.1 Å². The maximum atomic E-state index is 14.6. The van der Waals surface area contributed by atoms with Gasteiger partial charge in [-0.1, -0.05) is 6.07 Å². The van der Waals surface area contributed by atoms with Crippen molar-refractivity contribution in [1.29, 1.82) is 0 Å². The Bertz CT molecular complexity index is 1090. The van der Waals surface area contributed by atoms with Gasteiger partial charge in [0.25, 0.3) is 0 Å². The molecule has 0 amide bonds. The highest BCUT2D eigenvalue weighted by Crippen LogP contribution is 2.21. The molecule has 32 heavy (non-hydrogen) atoms. The molecule has 1 aromatic carbocycles. The van der Waals surface area contributed by atoms with Gasteiger partial charge in [0.2, 0.25) is 0 Å². The predicted octanol–water partition coefficient (Wildman–Crippen LogP) is 3.42. The highest BCUT2D eigenvalue weighted by Gasteiger charge is 2.25. The largest absolute Gasteiger partial charge is 0.352 e. The number of imidazole rings is 1. The molecule has 1 unspecified atom stereocenters. The zero-order valence-electron chi connectivity index (χ0n) is 17.9. The summed E-state index contributed by atoms with van der Waals surface area (Å²) in [5, 5.41) is 6.57. The lowest BCUT2D eigenvalue weighted by Crippen LogP contribution is -2.44. The molecule has 7 nitrogen and oxygen atoms in total. The topological polar surface area (TPSA) is 70.4 Å². The molecular formula is C22H26F2IN7. The van der Waals surface area contributed by atoms with E-state index in [1.165, 1.54) is 12.1 Å². The summed E-state index contributed by atoms with van der Waals surface area (Å²) in [6.07, 6.45) is 5.81. The van der Waals surface area contributed by atoms with Crippen LogP contribution >= 0.6 is 24.0 Å². The van der Waals surface area contributed by atoms with Crippen LogP contribution in [-0.2, 0) is 6.54 Å². The van der Waals surface area contributed by atoms with Crippen molar-refractivity contribution in [3.05, 3.63) is 71.9 Å². The summed E-state index contributed by atoms with van der Waals surface area (Å²) < 4.78 is 30.3. The van der Waals surface area contributed by atoms with Gasteiger partial charge in [0, 0.05) is 51.3 Å². The molecule has 1 fully saturated rings. The molecule has 0 bridgehead atoms. The standard InChI is InChI=1S/C22H25F2N7.HI/c1-15-26-9-11-31(15)20-6-5-16(12-19(20)24)13-28-22(25-2)29-17-7-10-30(14-17)21-18(23)4-3-8-27-21;/h3-6,8-9,11-12,17H,7,10,13-14H2,1-2H3,(H2,25,28,29);1H. The van der Waals surface area contributed by atoms with Gasteiger partial charge in [-0.05, 0) is 43.2 Å². The number of benzene rings is 1. The summed E-state index contributed by atoms with van der Waals surface area (Å²) in [4.78, 5) is 14.5. The van der Waals surface area contributed by atoms with E-state index in [2.05, 4.69) is 25.6 Å². The third-order valence-electron chi connectivity index (χ3n) is 5.35. The van der Waals surface area contributed by atoms with E-state index in [0.717, 1.165) is 17.8 Å². The van der Waals surface area contributed by atoms with Crippen molar-refractivity contribution in [2.75, 3.05) is 25.0 Å². The van der Waals surface area contributed by atoms with Crippen LogP contribution in [0.1, 0.15) is 17.8 Å². The first-order valence-electron chi connectivity index (χ1n) is 10.2. The number of hydrogen-bond acceptors (Lipinski definition) is 4. The van der Waals surface area contributed by atoms with Gasteiger partial charge in [-0.25, -0.2) is 18.7 Å². The van der Waals surface area contributed by atoms with Crippen molar-refractivity contribution in [2.24, 2.45) is 4.99 Å². The van der Waals surface area contributed by atoms with Crippen LogP contribution in [0.2, 0.25) is 0 Å². The molecule has 0 spiro atoms. The number of aromatic nitrogens is 3. The molecule has 2 aromatic heterocycles. The molecule has 0 radical (unpaired) electrons. The molecule has 4 rings (SSSR count). The van der Waals surface area contributed by atoms with E-state index in [1.807, 2.05) is 17.9 Å². The molecular weight excluding hydrogens is 527 g/mol. The number of nitrogens with zero attached hydrogens (tertiary/aromatic N) is 5. The Morgan fingerprint density at radius 1 is 1.19 bits per heavy atom. The zero-order chi connectivity index (χ0) is 21.8. The summed E-state index contributed by atoms with van der Waals surface area (Å²) in [5.74, 6) is 1.08. The minimum Gasteiger partial charge on any atom is -0.352 e. The summed E-state index contributed by atoms with van der Waals surface area (Å²) in [5.41, 5.74) is 1.26. The zero-order valence-corrected chi connectivity index (χ0v) is 20.3. The quantitative estimate of drug-likeness (QED) is 0.288. The highest BCUT2D eigenvalue weighted by molar-refractivity contribution is 14.0. The number of nitrogens with one attached hydrogen (secondary N) is 2. The van der Waals surface area contributed by atoms with E-state index < -0.39 is 0 Å². The lowest BCUT2D eigenvalue weighted by molar-refractivity contribution is 0.610. The number of guanidine groups is 1. The fraction of sp³-hybridized carbons (Fsp3) is 0.318. The van der Waals surface area contributed by atoms with Crippen molar-refractivity contribution in [1.82, 2.24) is 25.2 Å². The Morgan fingerprint density at radius 3 is 2.72 bits per heavy atom. The average Bonchev–Trinajstić information content (AvgIpc) is 3.40. The minimum atomic E-state index is -0.318. The summed E-state index contributed by atoms with van der Waals surface area (Å²) in [7, 11) is 1.69. The molecule has 1 atom stereocenters. The van der Waals surface area contributed by atoms with E-state index in [9.17, 15) is 8.78 Å². The molecule has 10 heteroatoms. The van der Waals surface area contributed by atoms with Crippen LogP contribution in [-0.4, -0.2) is 46.7 Å². The van der Waals surface area contributed by atoms with E-state index in [1.54, 1.807) is 42.3 Å². The number of hydrogen-bond donors (Lipinski definition) is 2. The molecule has 0 aliphatic carbocycles. The molecule has 3 aromatic rings. The van der Waals surface area contributed by atoms with Crippen molar-refractivity contribution >= 4 is 35.8 Å². The van der Waals surface area contributed by atoms with Crippen molar-refractivity contribution in [3.63, 3.8) is 0 Å². The Morgan fingerprint density at radius 2 is 2.03 bits per heavy atom. The maximum absolute atomic E-state index is 14.6. The number of halogens is 3. The van der Waals surface area contributed by atoms with E-state index >= 15 is 0 Å². The molecule has 1 aliphatic heterocycles. The highest BCUT2D eigenvalue weighted by atomic mass is 127. The van der Waals surface area contributed by atoms with Crippen molar-refractivity contribution in [2.45, 2.75) is 25.9 Å². The normalized spacial score (nSPS) is 16.1. The molecule has 1 aliphatic rings. The lowest BCUT2D eigenvalue weighted by Gasteiger charge is -2.20. The van der Waals surface area contributed by atoms with Crippen LogP contribution in [0.4, 0.5) is 14.6 Å². The van der Waals surface area contributed by atoms with Gasteiger partial charge in [0.05, 0.1) is 5.69 Å². The molecule has 170 valence electrons. The average molecular weight is 553 g/mol. The summed E-state index contributed by atoms with van der Waals surface area (Å²) in [6.45, 7) is 3.59. The Hall–Kier alpha value is -2.76. The van der Waals surface area contributed by atoms with Gasteiger partial charge >= 0.3 is 0 Å². The van der Waals surface area contributed by atoms with Gasteiger partial charge in [-0.2, -0.15) is 0 Å². The van der Waals surface area contributed by atoms with Gasteiger partial charge in [0.15, 0.2) is 17.6 Å². The SMILES string of the molecule is CN=C(NCc1ccc(-n2ccnc2C)c(F)c1)NC1CCN(c2ncccc2F)C1.I. The third-order valence-corrected chi connectivity index (χ3v) is 5.35. The number of anilines is 1. The number of aryl methyl sites for hydroxylation is 1. The first-order valence-corrected chi connectivity index (χ1v) is 10.2. The second-order valence-corrected chi connectivity index (χ2v) is 7.44. The Kier molecular flexibility index (Phi) is 7.99. The van der Waals surface area contributed by atoms with Crippen LogP contribution in [0.25, 0.3) is 5.69 Å². The second kappa shape index (κ2) is 10.7. The maximum Gasteiger partial charge on any atom is 0.191 e. The number of aliphatic imine (C=N–C) groups is 1. The van der Waals surface area contributed by atoms with Crippen LogP contribution in [0.15, 0.2) is 53.9 Å². The monoisotopic (exact) mass is 553 g/mol. The summed E-state index contributed by atoms with van der Waals surface area (Å²) in [6, 6.07) is 8.24. The van der Waals surface area contributed by atoms with Gasteiger partial charge in [-0.15, -0.1) is 24.0 Å². The van der Waals surface area contributed by atoms with Gasteiger partial charge < -0.3 is 20.1 Å². The predicted molar refractivity (Wildman–Crippen MR) is 132 cm³/mol. The van der Waals surface area contributed by atoms with Gasteiger partial charge in [0.1, 0.15) is 11.6 Å². The molecule has 3 heterocycles. The second-order valence-electron chi connectivity index (χ2n) is 7.44. The fourth-order valence-corrected chi connectivity index (χ4v) is 3.74. The van der Waals surface area contributed by atoms with E-state index in [4.69, 9.17) is 0 Å². The van der Waals surface area contributed by atoms with Crippen LogP contribution in [0, 0.1) is 18.6 Å². The lowest BCUT2D eigenvalue weighted by atomic mass is 10.2.